The number of fused-ring (bicyclic) bond motifs is 2. The van der Waals surface area contributed by atoms with Gasteiger partial charge in [-0.2, -0.15) is 0 Å². The Kier molecular flexibility index (Phi) is 3.13. The number of hydrogen-bond acceptors (Lipinski definition) is 5. The Morgan fingerprint density at radius 3 is 2.42 bits per heavy atom. The first-order chi connectivity index (χ1) is 11.6. The Balaban J connectivity index is 1.62. The molecule has 0 fully saturated rings. The minimum absolute atomic E-state index is 0.0340. The lowest BCUT2D eigenvalue weighted by Gasteiger charge is -2.14. The van der Waals surface area contributed by atoms with Gasteiger partial charge >= 0.3 is 5.97 Å². The number of rotatable bonds is 2. The van der Waals surface area contributed by atoms with Gasteiger partial charge in [-0.3, -0.25) is 9.59 Å². The van der Waals surface area contributed by atoms with Gasteiger partial charge in [0.2, 0.25) is 0 Å². The molecule has 2 amide bonds. The van der Waals surface area contributed by atoms with E-state index in [0.717, 1.165) is 5.56 Å². The van der Waals surface area contributed by atoms with Gasteiger partial charge in [-0.25, -0.2) is 4.79 Å². The number of hydrogen-bond donors (Lipinski definition) is 0. The maximum atomic E-state index is 12.5. The van der Waals surface area contributed by atoms with Crippen LogP contribution in [0.3, 0.4) is 0 Å². The molecule has 6 nitrogen and oxygen atoms in total. The second kappa shape index (κ2) is 5.19. The molecule has 1 atom stereocenters. The summed E-state index contributed by atoms with van der Waals surface area (Å²) in [7, 11) is 0. The number of benzene rings is 2. The summed E-state index contributed by atoms with van der Waals surface area (Å²) in [5.41, 5.74) is 1.55. The average molecular weight is 323 g/mol. The van der Waals surface area contributed by atoms with Crippen LogP contribution in [0.1, 0.15) is 43.6 Å². The topological polar surface area (TPSA) is 72.9 Å². The minimum Gasteiger partial charge on any atom is -0.489 e. The van der Waals surface area contributed by atoms with Gasteiger partial charge in [-0.1, -0.05) is 29.3 Å². The molecule has 0 N–H and O–H groups in total. The summed E-state index contributed by atoms with van der Waals surface area (Å²) < 4.78 is 5.65. The first kappa shape index (κ1) is 14.4. The molecule has 120 valence electrons. The quantitative estimate of drug-likeness (QED) is 0.793. The molecule has 0 spiro atoms. The normalized spacial score (nSPS) is 18.2. The molecule has 0 saturated heterocycles. The van der Waals surface area contributed by atoms with E-state index >= 15 is 0 Å². The molecule has 0 aromatic heterocycles. The third-order valence-corrected chi connectivity index (χ3v) is 4.07. The third-order valence-electron chi connectivity index (χ3n) is 4.07. The predicted octanol–water partition coefficient (Wildman–Crippen LogP) is 2.38. The van der Waals surface area contributed by atoms with Crippen molar-refractivity contribution in [3.63, 3.8) is 0 Å². The molecule has 0 radical (unpaired) electrons. The number of hydroxylamine groups is 2. The van der Waals surface area contributed by atoms with Crippen molar-refractivity contribution in [3.8, 4) is 5.75 Å². The van der Waals surface area contributed by atoms with Crippen LogP contribution in [0.15, 0.2) is 42.5 Å². The first-order valence-corrected chi connectivity index (χ1v) is 7.55. The highest BCUT2D eigenvalue weighted by Crippen LogP contribution is 2.33. The average Bonchev–Trinajstić information content (AvgIpc) is 3.07. The van der Waals surface area contributed by atoms with E-state index < -0.39 is 17.8 Å². The fourth-order valence-electron chi connectivity index (χ4n) is 2.98. The van der Waals surface area contributed by atoms with Crippen molar-refractivity contribution in [2.45, 2.75) is 19.4 Å². The van der Waals surface area contributed by atoms with Gasteiger partial charge in [0, 0.05) is 6.42 Å². The van der Waals surface area contributed by atoms with E-state index in [1.54, 1.807) is 24.3 Å². The van der Waals surface area contributed by atoms with Gasteiger partial charge in [0.15, 0.2) is 0 Å². The monoisotopic (exact) mass is 323 g/mol. The highest BCUT2D eigenvalue weighted by Gasteiger charge is 2.39. The summed E-state index contributed by atoms with van der Waals surface area (Å²) in [4.78, 5) is 42.1. The Morgan fingerprint density at radius 1 is 1.08 bits per heavy atom. The van der Waals surface area contributed by atoms with E-state index in [9.17, 15) is 14.4 Å². The molecule has 0 saturated carbocycles. The van der Waals surface area contributed by atoms with Crippen LogP contribution in [0.5, 0.6) is 5.75 Å². The van der Waals surface area contributed by atoms with E-state index in [-0.39, 0.29) is 22.8 Å². The Hall–Kier alpha value is -3.15. The van der Waals surface area contributed by atoms with Crippen molar-refractivity contribution in [3.05, 3.63) is 64.7 Å². The summed E-state index contributed by atoms with van der Waals surface area (Å²) in [6.07, 6.45) is 0.664. The second-order valence-electron chi connectivity index (χ2n) is 5.76. The first-order valence-electron chi connectivity index (χ1n) is 7.55. The van der Waals surface area contributed by atoms with E-state index in [4.69, 9.17) is 9.57 Å². The van der Waals surface area contributed by atoms with Crippen LogP contribution >= 0.6 is 0 Å². The Morgan fingerprint density at radius 2 is 1.75 bits per heavy atom. The van der Waals surface area contributed by atoms with Gasteiger partial charge < -0.3 is 9.57 Å². The van der Waals surface area contributed by atoms with Crippen molar-refractivity contribution >= 4 is 17.8 Å². The lowest BCUT2D eigenvalue weighted by atomic mass is 10.1. The maximum absolute atomic E-state index is 12.5. The molecule has 4 rings (SSSR count). The van der Waals surface area contributed by atoms with Gasteiger partial charge in [-0.05, 0) is 30.7 Å². The summed E-state index contributed by atoms with van der Waals surface area (Å²) in [5, 5.41) is 0.505. The largest absolute Gasteiger partial charge is 0.489 e. The molecule has 6 heteroatoms. The van der Waals surface area contributed by atoms with Crippen molar-refractivity contribution in [1.82, 2.24) is 5.06 Å². The van der Waals surface area contributed by atoms with E-state index in [1.807, 2.05) is 13.0 Å². The highest BCUT2D eigenvalue weighted by atomic mass is 16.7. The smallest absolute Gasteiger partial charge is 0.367 e. The molecule has 0 bridgehead atoms. The van der Waals surface area contributed by atoms with E-state index in [2.05, 4.69) is 0 Å². The molecular weight excluding hydrogens is 310 g/mol. The number of para-hydroxylation sites is 1. The number of amides is 2. The van der Waals surface area contributed by atoms with E-state index in [0.29, 0.717) is 17.2 Å². The molecule has 2 heterocycles. The fraction of sp³-hybridized carbons (Fsp3) is 0.167. The molecule has 2 aliphatic rings. The maximum Gasteiger partial charge on any atom is 0.367 e. The van der Waals surface area contributed by atoms with Crippen molar-refractivity contribution in [2.75, 3.05) is 0 Å². The van der Waals surface area contributed by atoms with Crippen LogP contribution in [0, 0.1) is 0 Å². The number of nitrogens with zero attached hydrogens (tertiary/aromatic N) is 1. The number of carbonyl (C=O) groups excluding carboxylic acids is 3. The fourth-order valence-corrected chi connectivity index (χ4v) is 2.98. The lowest BCUT2D eigenvalue weighted by Crippen LogP contribution is -2.32. The van der Waals surface area contributed by atoms with Crippen LogP contribution < -0.4 is 4.74 Å². The Bertz CT molecular complexity index is 854. The van der Waals surface area contributed by atoms with E-state index in [1.165, 1.54) is 12.1 Å². The van der Waals surface area contributed by atoms with Crippen LogP contribution in [-0.2, 0) is 11.3 Å². The zero-order valence-corrected chi connectivity index (χ0v) is 12.8. The zero-order valence-electron chi connectivity index (χ0n) is 12.8. The molecule has 2 aromatic carbocycles. The Labute approximate surface area is 137 Å². The summed E-state index contributed by atoms with van der Waals surface area (Å²) >= 11 is 0. The summed E-state index contributed by atoms with van der Waals surface area (Å²) in [6.45, 7) is 1.90. The van der Waals surface area contributed by atoms with Gasteiger partial charge in [-0.15, -0.1) is 0 Å². The van der Waals surface area contributed by atoms with Crippen LogP contribution in [0.25, 0.3) is 0 Å². The van der Waals surface area contributed by atoms with Crippen LogP contribution in [0.2, 0.25) is 0 Å². The standard InChI is InChI=1S/C18H13NO5/c1-10-9-11-5-4-8-14(15(11)23-10)18(22)24-19-16(20)12-6-2-3-7-13(12)17(19)21/h2-8,10H,9H2,1H3. The minimum atomic E-state index is -0.796. The molecule has 0 aliphatic carbocycles. The molecule has 24 heavy (non-hydrogen) atoms. The predicted molar refractivity (Wildman–Crippen MR) is 82.6 cm³/mol. The van der Waals surface area contributed by atoms with Gasteiger partial charge in [0.05, 0.1) is 11.1 Å². The van der Waals surface area contributed by atoms with Crippen LogP contribution in [-0.4, -0.2) is 29.0 Å². The second-order valence-corrected chi connectivity index (χ2v) is 5.76. The highest BCUT2D eigenvalue weighted by molar-refractivity contribution is 6.21. The van der Waals surface area contributed by atoms with Crippen LogP contribution in [0.4, 0.5) is 0 Å². The molecule has 1 unspecified atom stereocenters. The van der Waals surface area contributed by atoms with Gasteiger partial charge in [0.1, 0.15) is 17.4 Å². The number of ether oxygens (including phenoxy) is 1. The van der Waals surface area contributed by atoms with Crippen molar-refractivity contribution in [1.29, 1.82) is 0 Å². The SMILES string of the molecule is CC1Cc2cccc(C(=O)ON3C(=O)c4ccccc4C3=O)c2O1. The lowest BCUT2D eigenvalue weighted by molar-refractivity contribution is -0.0586. The molecule has 2 aromatic rings. The molecule has 2 aliphatic heterocycles. The van der Waals surface area contributed by atoms with Crippen molar-refractivity contribution < 1.29 is 24.0 Å². The zero-order chi connectivity index (χ0) is 16.8. The number of carbonyl (C=O) groups is 3. The summed E-state index contributed by atoms with van der Waals surface area (Å²) in [6, 6.07) is 11.5. The number of imide groups is 1. The van der Waals surface area contributed by atoms with Gasteiger partial charge in [0.25, 0.3) is 11.8 Å². The third kappa shape index (κ3) is 2.07. The van der Waals surface area contributed by atoms with Crippen molar-refractivity contribution in [2.24, 2.45) is 0 Å². The summed E-state index contributed by atoms with van der Waals surface area (Å²) in [5.74, 6) is -1.64. The molecular formula is C18H13NO5.